The van der Waals surface area contributed by atoms with E-state index in [9.17, 15) is 18.0 Å². The number of carbonyl (C=O) groups excluding carboxylic acids is 1. The third kappa shape index (κ3) is 7.15. The highest BCUT2D eigenvalue weighted by molar-refractivity contribution is 8.15. The lowest BCUT2D eigenvalue weighted by molar-refractivity contribution is -0.274. The minimum absolute atomic E-state index is 0.0252. The Hall–Kier alpha value is -4.23. The smallest absolute Gasteiger partial charge is 0.406 e. The molecule has 2 heterocycles. The predicted molar refractivity (Wildman–Crippen MR) is 161 cm³/mol. The van der Waals surface area contributed by atoms with E-state index in [1.54, 1.807) is 4.90 Å². The van der Waals surface area contributed by atoms with Crippen LogP contribution in [0.1, 0.15) is 18.1 Å². The lowest BCUT2D eigenvalue weighted by atomic mass is 10.1. The molecule has 1 aromatic heterocycles. The first-order valence-electron chi connectivity index (χ1n) is 13.0. The number of anilines is 1. The Kier molecular flexibility index (Phi) is 8.88. The summed E-state index contributed by atoms with van der Waals surface area (Å²) in [6.07, 6.45) is -1.81. The number of ether oxygens (including phenoxy) is 1. The van der Waals surface area contributed by atoms with Crippen molar-refractivity contribution in [3.05, 3.63) is 90.3 Å². The first-order valence-corrected chi connectivity index (χ1v) is 14.4. The SMILES string of the molecule is CCc1ccccc1N1C(=O)CS/C1=N\C(=S)NCCc1cccc(-c2ncn(-c3ccc(OC(F)(F)F)cc3)n2)c1. The average Bonchev–Trinajstić information content (AvgIpc) is 3.60. The molecule has 0 atom stereocenters. The van der Waals surface area contributed by atoms with E-state index in [2.05, 4.69) is 25.1 Å². The molecule has 0 radical (unpaired) electrons. The number of halogens is 3. The van der Waals surface area contributed by atoms with Gasteiger partial charge in [0.05, 0.1) is 17.1 Å². The number of hydrogen-bond acceptors (Lipinski definition) is 6. The van der Waals surface area contributed by atoms with Crippen LogP contribution in [0.5, 0.6) is 5.75 Å². The number of rotatable bonds is 8. The van der Waals surface area contributed by atoms with Crippen LogP contribution in [-0.4, -0.2) is 49.6 Å². The molecule has 1 aliphatic heterocycles. The van der Waals surface area contributed by atoms with Gasteiger partial charge in [0.1, 0.15) is 12.1 Å². The van der Waals surface area contributed by atoms with E-state index in [1.807, 2.05) is 55.5 Å². The minimum Gasteiger partial charge on any atom is -0.406 e. The number of amides is 1. The maximum absolute atomic E-state index is 12.6. The van der Waals surface area contributed by atoms with Crippen molar-refractivity contribution in [3.8, 4) is 22.8 Å². The minimum atomic E-state index is -4.75. The van der Waals surface area contributed by atoms with Gasteiger partial charge in [-0.05, 0) is 72.6 Å². The van der Waals surface area contributed by atoms with Gasteiger partial charge in [-0.3, -0.25) is 9.69 Å². The fourth-order valence-corrected chi connectivity index (χ4v) is 5.45. The fourth-order valence-electron chi connectivity index (χ4n) is 4.34. The van der Waals surface area contributed by atoms with Gasteiger partial charge >= 0.3 is 6.36 Å². The molecule has 5 rings (SSSR count). The molecule has 1 N–H and O–H groups in total. The van der Waals surface area contributed by atoms with Crippen molar-refractivity contribution in [1.82, 2.24) is 20.1 Å². The molecule has 8 nitrogen and oxygen atoms in total. The number of nitrogens with zero attached hydrogens (tertiary/aromatic N) is 5. The summed E-state index contributed by atoms with van der Waals surface area (Å²) in [7, 11) is 0. The Morgan fingerprint density at radius 2 is 1.90 bits per heavy atom. The number of carbonyl (C=O) groups is 1. The van der Waals surface area contributed by atoms with Gasteiger partial charge < -0.3 is 10.1 Å². The second-order valence-electron chi connectivity index (χ2n) is 9.13. The summed E-state index contributed by atoms with van der Waals surface area (Å²) in [6.45, 7) is 2.57. The number of hydrogen-bond donors (Lipinski definition) is 1. The van der Waals surface area contributed by atoms with Crippen LogP contribution in [0.15, 0.2) is 84.1 Å². The van der Waals surface area contributed by atoms with Gasteiger partial charge in [0, 0.05) is 12.1 Å². The fraction of sp³-hybridized carbons (Fsp3) is 0.207. The molecule has 4 aromatic rings. The topological polar surface area (TPSA) is 84.6 Å². The quantitative estimate of drug-likeness (QED) is 0.247. The van der Waals surface area contributed by atoms with Crippen molar-refractivity contribution in [1.29, 1.82) is 0 Å². The Morgan fingerprint density at radius 1 is 1.12 bits per heavy atom. The number of thiocarbonyl (C=S) groups is 1. The molecule has 216 valence electrons. The molecule has 42 heavy (non-hydrogen) atoms. The van der Waals surface area contributed by atoms with Crippen molar-refractivity contribution < 1.29 is 22.7 Å². The van der Waals surface area contributed by atoms with E-state index in [0.29, 0.717) is 40.5 Å². The molecule has 1 amide bonds. The van der Waals surface area contributed by atoms with Crippen LogP contribution in [0.25, 0.3) is 17.1 Å². The van der Waals surface area contributed by atoms with Crippen molar-refractivity contribution in [2.24, 2.45) is 4.99 Å². The summed E-state index contributed by atoms with van der Waals surface area (Å²) in [5.41, 5.74) is 4.24. The van der Waals surface area contributed by atoms with Crippen molar-refractivity contribution >= 4 is 45.9 Å². The molecular weight excluding hydrogens is 585 g/mol. The highest BCUT2D eigenvalue weighted by atomic mass is 32.2. The van der Waals surface area contributed by atoms with Crippen molar-refractivity contribution in [2.45, 2.75) is 26.1 Å². The largest absolute Gasteiger partial charge is 0.573 e. The van der Waals surface area contributed by atoms with Gasteiger partial charge in [-0.25, -0.2) is 9.67 Å². The van der Waals surface area contributed by atoms with Gasteiger partial charge in [-0.15, -0.1) is 18.3 Å². The Bertz CT molecular complexity index is 1620. The summed E-state index contributed by atoms with van der Waals surface area (Å²) in [6, 6.07) is 20.9. The highest BCUT2D eigenvalue weighted by Gasteiger charge is 2.32. The highest BCUT2D eigenvalue weighted by Crippen LogP contribution is 2.30. The van der Waals surface area contributed by atoms with Gasteiger partial charge in [0.15, 0.2) is 16.1 Å². The summed E-state index contributed by atoms with van der Waals surface area (Å²) in [5.74, 6) is 0.447. The molecule has 1 aliphatic rings. The van der Waals surface area contributed by atoms with E-state index in [0.717, 1.165) is 28.8 Å². The molecule has 1 saturated heterocycles. The van der Waals surface area contributed by atoms with Crippen LogP contribution >= 0.6 is 24.0 Å². The zero-order valence-corrected chi connectivity index (χ0v) is 24.0. The van der Waals surface area contributed by atoms with Crippen LogP contribution in [-0.2, 0) is 17.6 Å². The molecule has 1 fully saturated rings. The van der Waals surface area contributed by atoms with Gasteiger partial charge in [-0.1, -0.05) is 55.1 Å². The van der Waals surface area contributed by atoms with Gasteiger partial charge in [0.2, 0.25) is 5.91 Å². The predicted octanol–water partition coefficient (Wildman–Crippen LogP) is 5.95. The molecule has 0 bridgehead atoms. The number of thioether (sulfide) groups is 1. The van der Waals surface area contributed by atoms with Crippen molar-refractivity contribution in [2.75, 3.05) is 17.2 Å². The monoisotopic (exact) mass is 610 g/mol. The van der Waals surface area contributed by atoms with Gasteiger partial charge in [0.25, 0.3) is 0 Å². The average molecular weight is 611 g/mol. The number of para-hydroxylation sites is 1. The number of aryl methyl sites for hydroxylation is 1. The van der Waals surface area contributed by atoms with E-state index in [1.165, 1.54) is 47.0 Å². The third-order valence-corrected chi connectivity index (χ3v) is 7.44. The normalized spacial score (nSPS) is 14.4. The number of nitrogens with one attached hydrogen (secondary N) is 1. The molecule has 0 unspecified atom stereocenters. The van der Waals surface area contributed by atoms with E-state index < -0.39 is 6.36 Å². The van der Waals surface area contributed by atoms with E-state index in [-0.39, 0.29) is 11.7 Å². The second-order valence-corrected chi connectivity index (χ2v) is 10.5. The number of alkyl halides is 3. The molecule has 13 heteroatoms. The zero-order chi connectivity index (χ0) is 29.7. The van der Waals surface area contributed by atoms with E-state index in [4.69, 9.17) is 12.2 Å². The Morgan fingerprint density at radius 3 is 2.67 bits per heavy atom. The van der Waals surface area contributed by atoms with Crippen molar-refractivity contribution in [3.63, 3.8) is 0 Å². The van der Waals surface area contributed by atoms with Crippen LogP contribution in [0, 0.1) is 0 Å². The van der Waals surface area contributed by atoms with Crippen LogP contribution in [0.2, 0.25) is 0 Å². The van der Waals surface area contributed by atoms with E-state index >= 15 is 0 Å². The molecule has 0 saturated carbocycles. The first kappa shape index (κ1) is 29.3. The maximum atomic E-state index is 12.6. The molecule has 3 aromatic carbocycles. The summed E-state index contributed by atoms with van der Waals surface area (Å²) in [5, 5.41) is 8.48. The Balaban J connectivity index is 1.20. The maximum Gasteiger partial charge on any atom is 0.573 e. The summed E-state index contributed by atoms with van der Waals surface area (Å²) < 4.78 is 42.6. The first-order chi connectivity index (χ1) is 20.2. The summed E-state index contributed by atoms with van der Waals surface area (Å²) in [4.78, 5) is 23.2. The lowest BCUT2D eigenvalue weighted by Crippen LogP contribution is -2.32. The second kappa shape index (κ2) is 12.7. The Labute approximate surface area is 249 Å². The van der Waals surface area contributed by atoms with Crippen LogP contribution in [0.4, 0.5) is 18.9 Å². The van der Waals surface area contributed by atoms with Gasteiger partial charge in [-0.2, -0.15) is 4.99 Å². The number of aromatic nitrogens is 3. The zero-order valence-electron chi connectivity index (χ0n) is 22.3. The molecular formula is C29H25F3N6O2S2. The summed E-state index contributed by atoms with van der Waals surface area (Å²) >= 11 is 6.82. The standard InChI is InChI=1S/C29H25F3N6O2S2/c1-2-20-7-3-4-9-24(20)38-25(39)17-42-28(38)35-27(41)33-15-14-19-6-5-8-21(16-19)26-34-18-37(36-26)22-10-12-23(13-11-22)40-29(30,31)32/h3-13,16,18H,2,14-15,17H2,1H3,(H,33,41)/b35-28-. The molecule has 0 aliphatic carbocycles. The number of amidine groups is 1. The third-order valence-electron chi connectivity index (χ3n) is 6.28. The molecule has 0 spiro atoms. The number of benzene rings is 3. The van der Waals surface area contributed by atoms with Crippen LogP contribution < -0.4 is 15.0 Å². The van der Waals surface area contributed by atoms with Crippen LogP contribution in [0.3, 0.4) is 0 Å². The number of aliphatic imine (C=N–C) groups is 1. The lowest BCUT2D eigenvalue weighted by Gasteiger charge is -2.19.